The molecule has 0 saturated carbocycles. The molecule has 126 valence electrons. The molecule has 1 aromatic rings. The van der Waals surface area contributed by atoms with Gasteiger partial charge in [0.25, 0.3) is 0 Å². The second-order valence-electron chi connectivity index (χ2n) is 5.15. The molecule has 23 heavy (non-hydrogen) atoms. The summed E-state index contributed by atoms with van der Waals surface area (Å²) in [6.45, 7) is 1.70. The Morgan fingerprint density at radius 1 is 1.57 bits per heavy atom. The molecule has 0 spiro atoms. The van der Waals surface area contributed by atoms with Crippen molar-refractivity contribution in [1.82, 2.24) is 5.32 Å². The Labute approximate surface area is 137 Å². The highest BCUT2D eigenvalue weighted by atomic mass is 35.5. The van der Waals surface area contributed by atoms with Gasteiger partial charge in [-0.15, -0.1) is 0 Å². The Kier molecular flexibility index (Phi) is 5.43. The van der Waals surface area contributed by atoms with Crippen molar-refractivity contribution in [3.05, 3.63) is 28.0 Å². The normalized spacial score (nSPS) is 20.4. The molecular weight excluding hydrogens is 329 g/mol. The molecule has 1 amide bonds. The van der Waals surface area contributed by atoms with Gasteiger partial charge in [-0.05, 0) is 25.0 Å². The Hall–Kier alpha value is -1.86. The molecule has 1 aromatic carbocycles. The molecule has 1 unspecified atom stereocenters. The van der Waals surface area contributed by atoms with Crippen LogP contribution in [0.5, 0.6) is 5.75 Å². The maximum Gasteiger partial charge on any atom is 0.316 e. The summed E-state index contributed by atoms with van der Waals surface area (Å²) in [5, 5.41) is 20.7. The first kappa shape index (κ1) is 17.5. The predicted molar refractivity (Wildman–Crippen MR) is 80.2 cm³/mol. The molecule has 8 heteroatoms. The fourth-order valence-electron chi connectivity index (χ4n) is 2.81. The van der Waals surface area contributed by atoms with E-state index in [2.05, 4.69) is 5.32 Å². The van der Waals surface area contributed by atoms with Crippen LogP contribution in [0.25, 0.3) is 0 Å². The van der Waals surface area contributed by atoms with Gasteiger partial charge in [0.05, 0.1) is 11.6 Å². The Morgan fingerprint density at radius 2 is 2.26 bits per heavy atom. The number of hydrogen-bond acceptors (Lipinski definition) is 4. The van der Waals surface area contributed by atoms with E-state index in [4.69, 9.17) is 21.4 Å². The number of carboxylic acids is 1. The van der Waals surface area contributed by atoms with Gasteiger partial charge in [-0.1, -0.05) is 11.6 Å². The van der Waals surface area contributed by atoms with E-state index in [1.54, 1.807) is 6.92 Å². The van der Waals surface area contributed by atoms with Gasteiger partial charge in [-0.25, -0.2) is 4.39 Å². The minimum Gasteiger partial charge on any atom is -0.493 e. The Morgan fingerprint density at radius 3 is 2.83 bits per heavy atom. The van der Waals surface area contributed by atoms with Crippen molar-refractivity contribution < 1.29 is 28.9 Å². The van der Waals surface area contributed by atoms with Crippen molar-refractivity contribution in [3.63, 3.8) is 0 Å². The van der Waals surface area contributed by atoms with Crippen LogP contribution < -0.4 is 10.1 Å². The summed E-state index contributed by atoms with van der Waals surface area (Å²) >= 11 is 5.90. The number of rotatable bonds is 6. The van der Waals surface area contributed by atoms with Crippen LogP contribution in [0.1, 0.15) is 24.0 Å². The molecule has 0 aliphatic carbocycles. The number of carboxylic acid groups (broad SMARTS) is 1. The second kappa shape index (κ2) is 7.14. The first-order valence-corrected chi connectivity index (χ1v) is 7.55. The molecule has 1 aliphatic rings. The average molecular weight is 346 g/mol. The van der Waals surface area contributed by atoms with Crippen LogP contribution in [-0.2, 0) is 16.0 Å². The van der Waals surface area contributed by atoms with E-state index in [-0.39, 0.29) is 42.5 Å². The van der Waals surface area contributed by atoms with Gasteiger partial charge in [0, 0.05) is 24.6 Å². The third kappa shape index (κ3) is 3.25. The average Bonchev–Trinajstić information content (AvgIpc) is 2.86. The first-order valence-electron chi connectivity index (χ1n) is 7.17. The zero-order valence-corrected chi connectivity index (χ0v) is 13.2. The van der Waals surface area contributed by atoms with Crippen molar-refractivity contribution in [2.24, 2.45) is 5.92 Å². The van der Waals surface area contributed by atoms with E-state index < -0.39 is 29.5 Å². The molecule has 6 nitrogen and oxygen atoms in total. The lowest BCUT2D eigenvalue weighted by Crippen LogP contribution is -2.27. The summed E-state index contributed by atoms with van der Waals surface area (Å²) in [5.41, 5.74) is 0.438. The van der Waals surface area contributed by atoms with Gasteiger partial charge in [0.1, 0.15) is 17.5 Å². The first-order chi connectivity index (χ1) is 10.9. The molecule has 2 atom stereocenters. The largest absolute Gasteiger partial charge is 0.493 e. The third-order valence-electron chi connectivity index (χ3n) is 3.77. The molecule has 1 saturated heterocycles. The van der Waals surface area contributed by atoms with Gasteiger partial charge in [-0.2, -0.15) is 0 Å². The Bertz CT molecular complexity index is 637. The van der Waals surface area contributed by atoms with E-state index in [0.717, 1.165) is 0 Å². The SMILES string of the molecule is CCOc1c(CCO)cc(Cl)c(F)c1C1CNC(=O)[C@@H]1C(=O)O. The number of aliphatic hydroxyl groups excluding tert-OH is 1. The molecule has 0 radical (unpaired) electrons. The molecule has 0 bridgehead atoms. The summed E-state index contributed by atoms with van der Waals surface area (Å²) in [7, 11) is 0. The summed E-state index contributed by atoms with van der Waals surface area (Å²) in [6.07, 6.45) is 0.175. The van der Waals surface area contributed by atoms with E-state index in [1.807, 2.05) is 0 Å². The third-order valence-corrected chi connectivity index (χ3v) is 4.05. The number of amides is 1. The zero-order valence-electron chi connectivity index (χ0n) is 12.4. The van der Waals surface area contributed by atoms with E-state index in [1.165, 1.54) is 6.07 Å². The van der Waals surface area contributed by atoms with E-state index in [0.29, 0.717) is 5.56 Å². The summed E-state index contributed by atoms with van der Waals surface area (Å²) in [4.78, 5) is 23.1. The molecule has 1 fully saturated rings. The number of aliphatic hydroxyl groups is 1. The fourth-order valence-corrected chi connectivity index (χ4v) is 3.04. The van der Waals surface area contributed by atoms with Crippen LogP contribution in [0.3, 0.4) is 0 Å². The van der Waals surface area contributed by atoms with Gasteiger partial charge >= 0.3 is 5.97 Å². The highest BCUT2D eigenvalue weighted by Gasteiger charge is 2.44. The van der Waals surface area contributed by atoms with Crippen molar-refractivity contribution in [2.45, 2.75) is 19.3 Å². The predicted octanol–water partition coefficient (Wildman–Crippen LogP) is 1.33. The standard InChI is InChI=1S/C15H17ClFNO5/c1-2-23-13-7(3-4-19)5-9(16)12(17)10(13)8-6-18-14(20)11(8)15(21)22/h5,8,11,19H,2-4,6H2,1H3,(H,18,20)(H,21,22)/t8?,11-/m1/s1. The van der Waals surface area contributed by atoms with Gasteiger partial charge in [-0.3, -0.25) is 9.59 Å². The fraction of sp³-hybridized carbons (Fsp3) is 0.467. The lowest BCUT2D eigenvalue weighted by Gasteiger charge is -2.22. The van der Waals surface area contributed by atoms with Gasteiger partial charge in [0.15, 0.2) is 0 Å². The van der Waals surface area contributed by atoms with Gasteiger partial charge in [0.2, 0.25) is 5.91 Å². The topological polar surface area (TPSA) is 95.9 Å². The number of carbonyl (C=O) groups is 2. The minimum absolute atomic E-state index is 0.0221. The highest BCUT2D eigenvalue weighted by molar-refractivity contribution is 6.31. The summed E-state index contributed by atoms with van der Waals surface area (Å²) in [5.74, 6) is -5.01. The minimum atomic E-state index is -1.41. The molecular formula is C15H17ClFNO5. The number of nitrogens with one attached hydrogen (secondary N) is 1. The van der Waals surface area contributed by atoms with Crippen LogP contribution in [0.15, 0.2) is 6.07 Å². The number of hydrogen-bond donors (Lipinski definition) is 3. The number of carbonyl (C=O) groups excluding carboxylic acids is 1. The number of aliphatic carboxylic acids is 1. The lowest BCUT2D eigenvalue weighted by atomic mass is 9.86. The van der Waals surface area contributed by atoms with E-state index in [9.17, 15) is 19.1 Å². The smallest absolute Gasteiger partial charge is 0.316 e. The van der Waals surface area contributed by atoms with Crippen LogP contribution in [0, 0.1) is 11.7 Å². The van der Waals surface area contributed by atoms with Crippen molar-refractivity contribution in [3.8, 4) is 5.75 Å². The molecule has 1 heterocycles. The Balaban J connectivity index is 2.63. The number of benzene rings is 1. The van der Waals surface area contributed by atoms with Gasteiger partial charge < -0.3 is 20.3 Å². The van der Waals surface area contributed by atoms with Crippen LogP contribution in [-0.4, -0.2) is 41.8 Å². The quantitative estimate of drug-likeness (QED) is 0.676. The van der Waals surface area contributed by atoms with Crippen LogP contribution in [0.4, 0.5) is 4.39 Å². The number of ether oxygens (including phenoxy) is 1. The van der Waals surface area contributed by atoms with Crippen molar-refractivity contribution in [2.75, 3.05) is 19.8 Å². The maximum absolute atomic E-state index is 14.6. The zero-order chi connectivity index (χ0) is 17.1. The molecule has 1 aliphatic heterocycles. The van der Waals surface area contributed by atoms with Crippen LogP contribution >= 0.6 is 11.6 Å². The number of halogens is 2. The van der Waals surface area contributed by atoms with Crippen molar-refractivity contribution in [1.29, 1.82) is 0 Å². The molecule has 0 aromatic heterocycles. The summed E-state index contributed by atoms with van der Waals surface area (Å²) in [6, 6.07) is 1.35. The van der Waals surface area contributed by atoms with Crippen molar-refractivity contribution >= 4 is 23.5 Å². The lowest BCUT2D eigenvalue weighted by molar-refractivity contribution is -0.145. The van der Waals surface area contributed by atoms with Crippen LogP contribution in [0.2, 0.25) is 5.02 Å². The summed E-state index contributed by atoms with van der Waals surface area (Å²) < 4.78 is 20.1. The molecule has 3 N–H and O–H groups in total. The second-order valence-corrected chi connectivity index (χ2v) is 5.56. The van der Waals surface area contributed by atoms with E-state index >= 15 is 0 Å². The molecule has 2 rings (SSSR count). The maximum atomic E-state index is 14.6. The monoisotopic (exact) mass is 345 g/mol. The highest BCUT2D eigenvalue weighted by Crippen LogP contribution is 2.41.